The summed E-state index contributed by atoms with van der Waals surface area (Å²) in [5.41, 5.74) is 6.26. The van der Waals surface area contributed by atoms with Crippen LogP contribution in [0.5, 0.6) is 0 Å². The number of aromatic nitrogens is 2. The molecule has 2 heterocycles. The molecule has 0 atom stereocenters. The molecule has 0 aliphatic carbocycles. The molecule has 0 saturated heterocycles. The number of hydrogen-bond donors (Lipinski definition) is 3. The van der Waals surface area contributed by atoms with Gasteiger partial charge in [0.2, 0.25) is 0 Å². The number of hydrogen-bond acceptors (Lipinski definition) is 9. The zero-order chi connectivity index (χ0) is 26.2. The van der Waals surface area contributed by atoms with E-state index in [0.29, 0.717) is 17.6 Å². The van der Waals surface area contributed by atoms with Gasteiger partial charge in [-0.1, -0.05) is 48.5 Å². The Balaban J connectivity index is 0.000000504. The number of nitrogens with two attached hydrogens (primary N) is 1. The Morgan fingerprint density at radius 2 is 1.17 bits per heavy atom. The molecule has 2 aromatic carbocycles. The van der Waals surface area contributed by atoms with Gasteiger partial charge in [-0.05, 0) is 51.1 Å². The van der Waals surface area contributed by atoms with Crippen LogP contribution in [0.25, 0.3) is 21.8 Å². The summed E-state index contributed by atoms with van der Waals surface area (Å²) in [6.07, 6.45) is 0.556. The summed E-state index contributed by atoms with van der Waals surface area (Å²) in [6, 6.07) is 21.0. The van der Waals surface area contributed by atoms with Gasteiger partial charge in [0, 0.05) is 23.5 Å². The summed E-state index contributed by atoms with van der Waals surface area (Å²) in [4.78, 5) is 28.8. The third-order valence-corrected chi connectivity index (χ3v) is 3.98. The molecule has 4 rings (SSSR count). The van der Waals surface area contributed by atoms with E-state index in [-0.39, 0.29) is 43.6 Å². The second-order valence-electron chi connectivity index (χ2n) is 7.31. The fourth-order valence-corrected chi connectivity index (χ4v) is 2.45. The number of rotatable bonds is 4. The molecule has 9 nitrogen and oxygen atoms in total. The van der Waals surface area contributed by atoms with Crippen molar-refractivity contribution in [2.24, 2.45) is 5.73 Å². The number of nitrogens with zero attached hydrogens (tertiary/aromatic N) is 2. The van der Waals surface area contributed by atoms with Gasteiger partial charge in [-0.15, -0.1) is 0 Å². The molecule has 0 saturated carbocycles. The first-order chi connectivity index (χ1) is 16.7. The minimum Gasteiger partial charge on any atom is -0.543 e. The van der Waals surface area contributed by atoms with Crippen molar-refractivity contribution in [2.75, 3.05) is 13.2 Å². The number of pyridine rings is 2. The van der Waals surface area contributed by atoms with Crippen molar-refractivity contribution in [1.29, 1.82) is 0 Å². The summed E-state index contributed by atoms with van der Waals surface area (Å²) in [6.45, 7) is 4.26. The Hall–Kier alpha value is -3.30. The molecule has 0 bridgehead atoms. The first-order valence-electron chi connectivity index (χ1n) is 10.8. The molecule has 0 spiro atoms. The number of carboxylic acids is 2. The maximum absolute atomic E-state index is 10.5. The average molecular weight is 545 g/mol. The van der Waals surface area contributed by atoms with Crippen LogP contribution in [0, 0.1) is 0 Å². The molecule has 186 valence electrons. The Kier molecular flexibility index (Phi) is 16.4. The SMILES string of the molecule is CC(C)O.NCCCO.O=C([O-])c1ccc2ccccc2n1.O=C([O-])c1ccc2ccccc2n1.[Zn+2]. The first kappa shape index (κ1) is 32.7. The molecule has 0 unspecified atom stereocenters. The second kappa shape index (κ2) is 18.0. The van der Waals surface area contributed by atoms with E-state index in [4.69, 9.17) is 15.9 Å². The zero-order valence-corrected chi connectivity index (χ0v) is 23.3. The summed E-state index contributed by atoms with van der Waals surface area (Å²) in [5, 5.41) is 38.8. The molecule has 2 aromatic heterocycles. The van der Waals surface area contributed by atoms with Crippen LogP contribution < -0.4 is 15.9 Å². The number of carbonyl (C=O) groups is 2. The number of aliphatic hydroxyl groups excluding tert-OH is 2. The fourth-order valence-electron chi connectivity index (χ4n) is 2.45. The first-order valence-corrected chi connectivity index (χ1v) is 10.8. The number of carbonyl (C=O) groups excluding carboxylic acids is 2. The maximum Gasteiger partial charge on any atom is 2.00 e. The van der Waals surface area contributed by atoms with Crippen LogP contribution in [0.3, 0.4) is 0 Å². The predicted octanol–water partition coefficient (Wildman–Crippen LogP) is 0.909. The van der Waals surface area contributed by atoms with Gasteiger partial charge >= 0.3 is 19.5 Å². The number of fused-ring (bicyclic) bond motifs is 2. The molecular formula is C26H29N3O6Zn. The quantitative estimate of drug-likeness (QED) is 0.315. The smallest absolute Gasteiger partial charge is 0.543 e. The van der Waals surface area contributed by atoms with Crippen molar-refractivity contribution in [1.82, 2.24) is 9.97 Å². The maximum atomic E-state index is 10.5. The van der Waals surface area contributed by atoms with Gasteiger partial charge in [0.15, 0.2) is 0 Å². The average Bonchev–Trinajstić information content (AvgIpc) is 2.84. The van der Waals surface area contributed by atoms with E-state index in [0.717, 1.165) is 17.2 Å². The molecule has 0 aliphatic rings. The number of aliphatic hydroxyl groups is 2. The third-order valence-electron chi connectivity index (χ3n) is 3.98. The van der Waals surface area contributed by atoms with Crippen LogP contribution in [0.4, 0.5) is 0 Å². The molecular weight excluding hydrogens is 516 g/mol. The third kappa shape index (κ3) is 12.4. The Morgan fingerprint density at radius 3 is 1.44 bits per heavy atom. The van der Waals surface area contributed by atoms with Gasteiger partial charge in [0.25, 0.3) is 0 Å². The molecule has 36 heavy (non-hydrogen) atoms. The number of para-hydroxylation sites is 2. The largest absolute Gasteiger partial charge is 2.00 e. The number of carboxylic acid groups (broad SMARTS) is 2. The van der Waals surface area contributed by atoms with E-state index in [1.165, 1.54) is 12.1 Å². The molecule has 0 fully saturated rings. The second-order valence-corrected chi connectivity index (χ2v) is 7.31. The summed E-state index contributed by atoms with van der Waals surface area (Å²) in [5.74, 6) is -2.49. The van der Waals surface area contributed by atoms with Crippen molar-refractivity contribution in [3.63, 3.8) is 0 Å². The molecule has 4 N–H and O–H groups in total. The monoisotopic (exact) mass is 543 g/mol. The summed E-state index contributed by atoms with van der Waals surface area (Å²) in [7, 11) is 0. The molecule has 0 aliphatic heterocycles. The van der Waals surface area contributed by atoms with Crippen LogP contribution in [0.2, 0.25) is 0 Å². The molecule has 4 aromatic rings. The Labute approximate surface area is 222 Å². The van der Waals surface area contributed by atoms with Crippen LogP contribution in [0.1, 0.15) is 41.2 Å². The van der Waals surface area contributed by atoms with E-state index in [2.05, 4.69) is 9.97 Å². The van der Waals surface area contributed by atoms with Crippen molar-refractivity contribution in [3.05, 3.63) is 84.2 Å². The van der Waals surface area contributed by atoms with Crippen molar-refractivity contribution < 1.29 is 49.5 Å². The number of benzene rings is 2. The minimum atomic E-state index is -1.24. The van der Waals surface area contributed by atoms with Gasteiger partial charge < -0.3 is 35.7 Å². The van der Waals surface area contributed by atoms with Crippen molar-refractivity contribution in [2.45, 2.75) is 26.4 Å². The van der Waals surface area contributed by atoms with E-state index in [1.807, 2.05) is 36.4 Å². The van der Waals surface area contributed by atoms with Crippen molar-refractivity contribution in [3.8, 4) is 0 Å². The van der Waals surface area contributed by atoms with Crippen LogP contribution in [0.15, 0.2) is 72.8 Å². The fraction of sp³-hybridized carbons (Fsp3) is 0.231. The van der Waals surface area contributed by atoms with Crippen molar-refractivity contribution >= 4 is 33.7 Å². The predicted molar refractivity (Wildman–Crippen MR) is 130 cm³/mol. The van der Waals surface area contributed by atoms with Gasteiger partial charge in [-0.25, -0.2) is 9.97 Å². The van der Waals surface area contributed by atoms with E-state index in [9.17, 15) is 19.8 Å². The molecule has 0 radical (unpaired) electrons. The zero-order valence-electron chi connectivity index (χ0n) is 20.3. The summed E-state index contributed by atoms with van der Waals surface area (Å²) < 4.78 is 0. The van der Waals surface area contributed by atoms with E-state index >= 15 is 0 Å². The molecule has 0 amide bonds. The Bertz CT molecular complexity index is 1130. The van der Waals surface area contributed by atoms with Gasteiger partial charge in [0.05, 0.1) is 34.4 Å². The van der Waals surface area contributed by atoms with Gasteiger partial charge in [-0.2, -0.15) is 0 Å². The van der Waals surface area contributed by atoms with Crippen LogP contribution in [-0.2, 0) is 19.5 Å². The number of aromatic carboxylic acids is 2. The summed E-state index contributed by atoms with van der Waals surface area (Å²) >= 11 is 0. The van der Waals surface area contributed by atoms with Gasteiger partial charge in [-0.3, -0.25) is 0 Å². The van der Waals surface area contributed by atoms with Crippen LogP contribution >= 0.6 is 0 Å². The van der Waals surface area contributed by atoms with E-state index in [1.54, 1.807) is 38.1 Å². The van der Waals surface area contributed by atoms with E-state index < -0.39 is 11.9 Å². The minimum absolute atomic E-state index is 0. The normalized spacial score (nSPS) is 9.50. The van der Waals surface area contributed by atoms with Crippen LogP contribution in [-0.4, -0.2) is 51.4 Å². The molecule has 10 heteroatoms. The van der Waals surface area contributed by atoms with Gasteiger partial charge in [0.1, 0.15) is 0 Å². The Morgan fingerprint density at radius 1 is 0.806 bits per heavy atom. The topological polar surface area (TPSA) is 173 Å². The standard InChI is InChI=1S/2C10H7NO2.C3H9NO.C3H8O.Zn/c2*12-10(13)9-6-5-7-3-1-2-4-8(7)11-9;4-2-1-3-5;1-3(2)4;/h2*1-6H,(H,12,13);5H,1-4H2;3-4H,1-2H3;/q;;;;+2/p-2.